The predicted octanol–water partition coefficient (Wildman–Crippen LogP) is 5.98. The van der Waals surface area contributed by atoms with Gasteiger partial charge >= 0.3 is 5.97 Å². The van der Waals surface area contributed by atoms with Crippen molar-refractivity contribution in [3.63, 3.8) is 0 Å². The first kappa shape index (κ1) is 22.2. The van der Waals surface area contributed by atoms with E-state index in [9.17, 15) is 9.90 Å². The second-order valence-corrected chi connectivity index (χ2v) is 8.05. The summed E-state index contributed by atoms with van der Waals surface area (Å²) < 4.78 is 13.4. The van der Waals surface area contributed by atoms with E-state index in [1.807, 2.05) is 61.5 Å². The fourth-order valence-electron chi connectivity index (χ4n) is 4.03. The van der Waals surface area contributed by atoms with Crippen LogP contribution < -0.4 is 9.47 Å². The van der Waals surface area contributed by atoms with E-state index in [2.05, 4.69) is 9.97 Å². The molecule has 2 aromatic carbocycles. The second-order valence-electron chi connectivity index (χ2n) is 8.05. The highest BCUT2D eigenvalue weighted by Gasteiger charge is 2.18. The van der Waals surface area contributed by atoms with Crippen molar-refractivity contribution >= 4 is 16.9 Å². The van der Waals surface area contributed by atoms with Gasteiger partial charge in [-0.05, 0) is 61.5 Å². The zero-order valence-corrected chi connectivity index (χ0v) is 19.1. The molecule has 0 fully saturated rings. The van der Waals surface area contributed by atoms with Crippen molar-refractivity contribution in [2.75, 3.05) is 6.61 Å². The number of carboxylic acid groups (broad SMARTS) is 1. The molecule has 3 heterocycles. The Morgan fingerprint density at radius 3 is 2.40 bits per heavy atom. The minimum absolute atomic E-state index is 0.201. The van der Waals surface area contributed by atoms with Crippen molar-refractivity contribution < 1.29 is 19.4 Å². The summed E-state index contributed by atoms with van der Waals surface area (Å²) in [6.07, 6.45) is 5.05. The standard InChI is InChI=1S/C28H23N3O4/c1-19-3-2-4-20(17-19)27-24-18-26(28(32)33)31(25(24)11-14-30-27)15-16-34-21-5-7-22(8-6-21)35-23-9-12-29-13-10-23/h2-14,17-18H,15-16H2,1H3,(H,32,33). The first-order chi connectivity index (χ1) is 17.1. The highest BCUT2D eigenvalue weighted by atomic mass is 16.5. The molecule has 35 heavy (non-hydrogen) atoms. The van der Waals surface area contributed by atoms with Crippen LogP contribution in [0.15, 0.2) is 91.4 Å². The Bertz CT molecular complexity index is 1480. The minimum atomic E-state index is -0.992. The smallest absolute Gasteiger partial charge is 0.352 e. The number of benzene rings is 2. The van der Waals surface area contributed by atoms with Crippen molar-refractivity contribution in [3.8, 4) is 28.5 Å². The molecule has 0 unspecified atom stereocenters. The van der Waals surface area contributed by atoms with E-state index in [1.54, 1.807) is 41.4 Å². The molecule has 0 amide bonds. The van der Waals surface area contributed by atoms with Crippen molar-refractivity contribution in [2.24, 2.45) is 0 Å². The van der Waals surface area contributed by atoms with Crippen LogP contribution in [0.1, 0.15) is 16.1 Å². The van der Waals surface area contributed by atoms with Gasteiger partial charge in [-0.2, -0.15) is 0 Å². The number of carbonyl (C=O) groups is 1. The Kier molecular flexibility index (Phi) is 6.13. The van der Waals surface area contributed by atoms with Gasteiger partial charge in [0.2, 0.25) is 0 Å². The molecule has 0 bridgehead atoms. The summed E-state index contributed by atoms with van der Waals surface area (Å²) in [5, 5.41) is 10.6. The Morgan fingerprint density at radius 2 is 1.66 bits per heavy atom. The summed E-state index contributed by atoms with van der Waals surface area (Å²) in [6, 6.07) is 22.4. The van der Waals surface area contributed by atoms with Crippen molar-refractivity contribution in [3.05, 3.63) is 103 Å². The van der Waals surface area contributed by atoms with Crippen LogP contribution in [0.4, 0.5) is 0 Å². The molecule has 7 heteroatoms. The monoisotopic (exact) mass is 465 g/mol. The number of carboxylic acids is 1. The lowest BCUT2D eigenvalue weighted by Gasteiger charge is -2.11. The van der Waals surface area contributed by atoms with E-state index in [4.69, 9.17) is 9.47 Å². The summed E-state index contributed by atoms with van der Waals surface area (Å²) in [5.74, 6) is 1.06. The zero-order chi connectivity index (χ0) is 24.2. The highest BCUT2D eigenvalue weighted by Crippen LogP contribution is 2.30. The number of pyridine rings is 2. The van der Waals surface area contributed by atoms with Crippen molar-refractivity contribution in [1.29, 1.82) is 0 Å². The maximum Gasteiger partial charge on any atom is 0.352 e. The van der Waals surface area contributed by atoms with E-state index < -0.39 is 5.97 Å². The molecule has 5 aromatic rings. The van der Waals surface area contributed by atoms with Crippen LogP contribution in [0.2, 0.25) is 0 Å². The molecule has 1 N–H and O–H groups in total. The Balaban J connectivity index is 1.34. The largest absolute Gasteiger partial charge is 0.492 e. The first-order valence-electron chi connectivity index (χ1n) is 11.2. The lowest BCUT2D eigenvalue weighted by molar-refractivity contribution is 0.0684. The molecule has 174 valence electrons. The van der Waals surface area contributed by atoms with Crippen LogP contribution in [-0.2, 0) is 6.54 Å². The topological polar surface area (TPSA) is 86.5 Å². The molecule has 0 radical (unpaired) electrons. The van der Waals surface area contributed by atoms with Gasteiger partial charge in [0.1, 0.15) is 29.5 Å². The maximum atomic E-state index is 12.0. The Morgan fingerprint density at radius 1 is 0.914 bits per heavy atom. The van der Waals surface area contributed by atoms with Gasteiger partial charge in [-0.1, -0.05) is 23.8 Å². The van der Waals surface area contributed by atoms with Gasteiger partial charge < -0.3 is 19.1 Å². The van der Waals surface area contributed by atoms with Gasteiger partial charge in [-0.3, -0.25) is 9.97 Å². The van der Waals surface area contributed by atoms with Gasteiger partial charge in [0.05, 0.1) is 17.8 Å². The molecule has 0 saturated carbocycles. The van der Waals surface area contributed by atoms with Gasteiger partial charge in [0, 0.05) is 29.5 Å². The predicted molar refractivity (Wildman–Crippen MR) is 133 cm³/mol. The maximum absolute atomic E-state index is 12.0. The molecule has 7 nitrogen and oxygen atoms in total. The third-order valence-corrected chi connectivity index (χ3v) is 5.63. The van der Waals surface area contributed by atoms with Gasteiger partial charge in [-0.25, -0.2) is 4.79 Å². The van der Waals surface area contributed by atoms with Crippen LogP contribution in [0, 0.1) is 6.92 Å². The van der Waals surface area contributed by atoms with Crippen LogP contribution in [0.3, 0.4) is 0 Å². The molecular weight excluding hydrogens is 442 g/mol. The van der Waals surface area contributed by atoms with Crippen LogP contribution in [0.25, 0.3) is 22.2 Å². The molecular formula is C28H23N3O4. The molecule has 0 aliphatic heterocycles. The van der Waals surface area contributed by atoms with Crippen molar-refractivity contribution in [2.45, 2.75) is 13.5 Å². The quantitative estimate of drug-likeness (QED) is 0.304. The number of rotatable bonds is 8. The Hall–Kier alpha value is -4.65. The average Bonchev–Trinajstić information content (AvgIpc) is 3.25. The average molecular weight is 466 g/mol. The molecule has 0 spiro atoms. The van der Waals surface area contributed by atoms with Crippen LogP contribution >= 0.6 is 0 Å². The van der Waals surface area contributed by atoms with E-state index >= 15 is 0 Å². The third-order valence-electron chi connectivity index (χ3n) is 5.63. The summed E-state index contributed by atoms with van der Waals surface area (Å²) in [7, 11) is 0. The number of nitrogens with zero attached hydrogens (tertiary/aromatic N) is 3. The number of ether oxygens (including phenoxy) is 2. The van der Waals surface area contributed by atoms with E-state index in [0.717, 1.165) is 27.7 Å². The fraction of sp³-hybridized carbons (Fsp3) is 0.107. The lowest BCUT2D eigenvalue weighted by Crippen LogP contribution is -2.13. The summed E-state index contributed by atoms with van der Waals surface area (Å²) >= 11 is 0. The number of fused-ring (bicyclic) bond motifs is 1. The fourth-order valence-corrected chi connectivity index (χ4v) is 4.03. The third kappa shape index (κ3) is 4.84. The summed E-state index contributed by atoms with van der Waals surface area (Å²) in [5.41, 5.74) is 3.84. The normalized spacial score (nSPS) is 10.9. The minimum Gasteiger partial charge on any atom is -0.492 e. The van der Waals surface area contributed by atoms with Gasteiger partial charge in [0.15, 0.2) is 0 Å². The Labute approximate surface area is 202 Å². The first-order valence-corrected chi connectivity index (χ1v) is 11.2. The van der Waals surface area contributed by atoms with E-state index in [-0.39, 0.29) is 5.69 Å². The number of aromatic carboxylic acids is 1. The molecule has 5 rings (SSSR count). The highest BCUT2D eigenvalue weighted by molar-refractivity contribution is 6.00. The summed E-state index contributed by atoms with van der Waals surface area (Å²) in [4.78, 5) is 20.5. The number of hydrogen-bond donors (Lipinski definition) is 1. The van der Waals surface area contributed by atoms with Gasteiger partial charge in [-0.15, -0.1) is 0 Å². The van der Waals surface area contributed by atoms with E-state index in [0.29, 0.717) is 30.4 Å². The zero-order valence-electron chi connectivity index (χ0n) is 19.1. The lowest BCUT2D eigenvalue weighted by atomic mass is 10.1. The molecule has 3 aromatic heterocycles. The second kappa shape index (κ2) is 9.69. The SMILES string of the molecule is Cc1cccc(-c2nccc3c2cc(C(=O)O)n3CCOc2ccc(Oc3ccncc3)cc2)c1. The van der Waals surface area contributed by atoms with Gasteiger partial charge in [0.25, 0.3) is 0 Å². The molecule has 0 aliphatic rings. The van der Waals surface area contributed by atoms with E-state index in [1.165, 1.54) is 0 Å². The van der Waals surface area contributed by atoms with Crippen LogP contribution in [0.5, 0.6) is 17.2 Å². The van der Waals surface area contributed by atoms with Crippen molar-refractivity contribution in [1.82, 2.24) is 14.5 Å². The number of hydrogen-bond acceptors (Lipinski definition) is 5. The molecule has 0 aliphatic carbocycles. The number of aryl methyl sites for hydroxylation is 1. The van der Waals surface area contributed by atoms with Crippen LogP contribution in [-0.4, -0.2) is 32.2 Å². The molecule has 0 saturated heterocycles. The summed E-state index contributed by atoms with van der Waals surface area (Å²) in [6.45, 7) is 2.70. The molecule has 0 atom stereocenters. The number of aromatic nitrogens is 3.